The number of allylic oxidation sites excluding steroid dienone is 2. The van der Waals surface area contributed by atoms with Crippen LogP contribution in [0.25, 0.3) is 0 Å². The number of unbranched alkanes of at least 4 members (excludes halogenated alkanes) is 1. The van der Waals surface area contributed by atoms with Gasteiger partial charge in [-0.05, 0) is 19.3 Å². The van der Waals surface area contributed by atoms with Crippen LogP contribution >= 0.6 is 0 Å². The summed E-state index contributed by atoms with van der Waals surface area (Å²) in [7, 11) is 0. The molecule has 0 saturated heterocycles. The first-order valence-corrected chi connectivity index (χ1v) is 3.28. The molecule has 0 atom stereocenters. The Balaban J connectivity index is 2.94. The van der Waals surface area contributed by atoms with Crippen molar-refractivity contribution in [3.05, 3.63) is 24.8 Å². The zero-order valence-electron chi connectivity index (χ0n) is 5.71. The minimum absolute atomic E-state index is 0.255. The number of hydrogen-bond acceptors (Lipinski definition) is 1. The fourth-order valence-corrected chi connectivity index (χ4v) is 0.524. The molecular formula is C8H14O. The maximum atomic E-state index is 8.35. The predicted molar refractivity (Wildman–Crippen MR) is 40.3 cm³/mol. The molecule has 0 aliphatic heterocycles. The molecule has 52 valence electrons. The summed E-state index contributed by atoms with van der Waals surface area (Å²) >= 11 is 0. The Hall–Kier alpha value is -0.560. The molecule has 1 heteroatoms. The second kappa shape index (κ2) is 7.44. The van der Waals surface area contributed by atoms with Crippen LogP contribution in [0.1, 0.15) is 19.3 Å². The number of aliphatic hydroxyl groups excluding tert-OH is 1. The van der Waals surface area contributed by atoms with Crippen molar-refractivity contribution in [1.82, 2.24) is 0 Å². The van der Waals surface area contributed by atoms with Crippen molar-refractivity contribution >= 4 is 0 Å². The molecule has 1 nitrogen and oxygen atoms in total. The van der Waals surface area contributed by atoms with Gasteiger partial charge in [-0.25, -0.2) is 0 Å². The number of hydrogen-bond donors (Lipinski definition) is 1. The lowest BCUT2D eigenvalue weighted by molar-refractivity contribution is 0.302. The summed E-state index contributed by atoms with van der Waals surface area (Å²) in [5.74, 6) is 0. The van der Waals surface area contributed by atoms with Gasteiger partial charge in [0.15, 0.2) is 0 Å². The standard InChI is InChI=1S/C8H14O/c1-2-3-4-5-6-7-8-9/h2,5-6,9H,1,3-4,7-8H2/b6-5+. The Labute approximate surface area is 56.7 Å². The van der Waals surface area contributed by atoms with E-state index in [1.807, 2.05) is 12.2 Å². The van der Waals surface area contributed by atoms with Crippen LogP contribution in [0.4, 0.5) is 0 Å². The molecule has 0 radical (unpaired) electrons. The summed E-state index contributed by atoms with van der Waals surface area (Å²) in [6.07, 6.45) is 8.80. The van der Waals surface area contributed by atoms with E-state index in [9.17, 15) is 0 Å². The smallest absolute Gasteiger partial charge is 0.0465 e. The lowest BCUT2D eigenvalue weighted by Crippen LogP contribution is -1.74. The number of rotatable bonds is 5. The SMILES string of the molecule is C=CCC/C=C/CCO. The van der Waals surface area contributed by atoms with Crippen molar-refractivity contribution in [1.29, 1.82) is 0 Å². The lowest BCUT2D eigenvalue weighted by Gasteiger charge is -1.84. The van der Waals surface area contributed by atoms with E-state index in [0.29, 0.717) is 0 Å². The first-order chi connectivity index (χ1) is 4.41. The molecule has 0 aromatic heterocycles. The van der Waals surface area contributed by atoms with Gasteiger partial charge >= 0.3 is 0 Å². The second-order valence-corrected chi connectivity index (χ2v) is 1.85. The lowest BCUT2D eigenvalue weighted by atomic mass is 10.3. The Kier molecular flexibility index (Phi) is 6.98. The molecule has 0 spiro atoms. The summed E-state index contributed by atoms with van der Waals surface area (Å²) in [5.41, 5.74) is 0. The average Bonchev–Trinajstić information content (AvgIpc) is 1.89. The molecule has 0 aromatic rings. The molecule has 0 saturated carbocycles. The molecule has 0 rings (SSSR count). The van der Waals surface area contributed by atoms with E-state index in [0.717, 1.165) is 19.3 Å². The van der Waals surface area contributed by atoms with Crippen molar-refractivity contribution in [2.24, 2.45) is 0 Å². The van der Waals surface area contributed by atoms with E-state index in [2.05, 4.69) is 12.7 Å². The highest BCUT2D eigenvalue weighted by Gasteiger charge is 1.74. The maximum Gasteiger partial charge on any atom is 0.0465 e. The van der Waals surface area contributed by atoms with Crippen LogP contribution in [0.2, 0.25) is 0 Å². The Morgan fingerprint density at radius 2 is 1.78 bits per heavy atom. The van der Waals surface area contributed by atoms with Crippen LogP contribution in [0, 0.1) is 0 Å². The van der Waals surface area contributed by atoms with Gasteiger partial charge in [0.1, 0.15) is 0 Å². The van der Waals surface area contributed by atoms with Crippen molar-refractivity contribution in [2.75, 3.05) is 6.61 Å². The monoisotopic (exact) mass is 126 g/mol. The van der Waals surface area contributed by atoms with Crippen molar-refractivity contribution in [3.8, 4) is 0 Å². The second-order valence-electron chi connectivity index (χ2n) is 1.85. The summed E-state index contributed by atoms with van der Waals surface area (Å²) < 4.78 is 0. The van der Waals surface area contributed by atoms with E-state index in [1.54, 1.807) is 0 Å². The van der Waals surface area contributed by atoms with Gasteiger partial charge in [-0.15, -0.1) is 6.58 Å². The minimum atomic E-state index is 0.255. The topological polar surface area (TPSA) is 20.2 Å². The van der Waals surface area contributed by atoms with Crippen LogP contribution in [0.5, 0.6) is 0 Å². The zero-order chi connectivity index (χ0) is 6.95. The van der Waals surface area contributed by atoms with Gasteiger partial charge < -0.3 is 5.11 Å². The van der Waals surface area contributed by atoms with Crippen LogP contribution in [0.15, 0.2) is 24.8 Å². The third-order valence-corrected chi connectivity index (χ3v) is 1.000. The first-order valence-electron chi connectivity index (χ1n) is 3.28. The van der Waals surface area contributed by atoms with Gasteiger partial charge in [0, 0.05) is 6.61 Å². The van der Waals surface area contributed by atoms with E-state index >= 15 is 0 Å². The van der Waals surface area contributed by atoms with E-state index in [1.165, 1.54) is 0 Å². The average molecular weight is 126 g/mol. The Morgan fingerprint density at radius 3 is 2.33 bits per heavy atom. The fraction of sp³-hybridized carbons (Fsp3) is 0.500. The normalized spacial score (nSPS) is 10.3. The first kappa shape index (κ1) is 8.44. The molecule has 9 heavy (non-hydrogen) atoms. The largest absolute Gasteiger partial charge is 0.396 e. The zero-order valence-corrected chi connectivity index (χ0v) is 5.71. The van der Waals surface area contributed by atoms with Crippen molar-refractivity contribution in [2.45, 2.75) is 19.3 Å². The highest BCUT2D eigenvalue weighted by Crippen LogP contribution is 1.91. The van der Waals surface area contributed by atoms with Gasteiger partial charge in [-0.2, -0.15) is 0 Å². The highest BCUT2D eigenvalue weighted by molar-refractivity contribution is 4.83. The molecule has 0 amide bonds. The van der Waals surface area contributed by atoms with Gasteiger partial charge in [-0.1, -0.05) is 18.2 Å². The quantitative estimate of drug-likeness (QED) is 0.440. The molecular weight excluding hydrogens is 112 g/mol. The molecule has 0 fully saturated rings. The van der Waals surface area contributed by atoms with Gasteiger partial charge in [0.2, 0.25) is 0 Å². The molecule has 0 aliphatic carbocycles. The summed E-state index contributed by atoms with van der Waals surface area (Å²) in [6, 6.07) is 0. The molecule has 0 bridgehead atoms. The molecule has 0 unspecified atom stereocenters. The van der Waals surface area contributed by atoms with E-state index < -0.39 is 0 Å². The Bertz CT molecular complexity index is 84.6. The third kappa shape index (κ3) is 7.44. The third-order valence-electron chi connectivity index (χ3n) is 1.000. The highest BCUT2D eigenvalue weighted by atomic mass is 16.2. The van der Waals surface area contributed by atoms with Crippen LogP contribution in [0.3, 0.4) is 0 Å². The molecule has 1 N–H and O–H groups in total. The van der Waals surface area contributed by atoms with Crippen molar-refractivity contribution < 1.29 is 5.11 Å². The van der Waals surface area contributed by atoms with E-state index in [-0.39, 0.29) is 6.61 Å². The van der Waals surface area contributed by atoms with Gasteiger partial charge in [-0.3, -0.25) is 0 Å². The number of aliphatic hydroxyl groups is 1. The van der Waals surface area contributed by atoms with Crippen molar-refractivity contribution in [3.63, 3.8) is 0 Å². The molecule has 0 aromatic carbocycles. The van der Waals surface area contributed by atoms with Crippen LogP contribution < -0.4 is 0 Å². The van der Waals surface area contributed by atoms with Gasteiger partial charge in [0.25, 0.3) is 0 Å². The van der Waals surface area contributed by atoms with Crippen LogP contribution in [-0.4, -0.2) is 11.7 Å². The fourth-order valence-electron chi connectivity index (χ4n) is 0.524. The maximum absolute atomic E-state index is 8.35. The predicted octanol–water partition coefficient (Wildman–Crippen LogP) is 1.89. The molecule has 0 heterocycles. The minimum Gasteiger partial charge on any atom is -0.396 e. The van der Waals surface area contributed by atoms with Crippen LogP contribution in [-0.2, 0) is 0 Å². The van der Waals surface area contributed by atoms with Gasteiger partial charge in [0.05, 0.1) is 0 Å². The Morgan fingerprint density at radius 1 is 1.11 bits per heavy atom. The summed E-state index contributed by atoms with van der Waals surface area (Å²) in [4.78, 5) is 0. The summed E-state index contributed by atoms with van der Waals surface area (Å²) in [6.45, 7) is 3.85. The molecule has 0 aliphatic rings. The van der Waals surface area contributed by atoms with E-state index in [4.69, 9.17) is 5.11 Å². The summed E-state index contributed by atoms with van der Waals surface area (Å²) in [5, 5.41) is 8.35.